The molecule has 0 aliphatic carbocycles. The van der Waals surface area contributed by atoms with Gasteiger partial charge in [-0.15, -0.1) is 0 Å². The standard InChI is InChI=1S/C6H10N6O3/c7-9-5(13)2-1-3-11-4-8-6(10-11)12(14)15/h4H,1-3,7H2,(H,9,13). The van der Waals surface area contributed by atoms with Crippen molar-refractivity contribution in [1.29, 1.82) is 0 Å². The van der Waals surface area contributed by atoms with Crippen LogP contribution in [-0.4, -0.2) is 25.6 Å². The summed E-state index contributed by atoms with van der Waals surface area (Å²) in [5.74, 6) is 4.14. The summed E-state index contributed by atoms with van der Waals surface area (Å²) in [5.41, 5.74) is 1.98. The number of carbonyl (C=O) groups excluding carboxylic acids is 1. The lowest BCUT2D eigenvalue weighted by Crippen LogP contribution is -2.29. The Bertz CT molecular complexity index is 362. The van der Waals surface area contributed by atoms with Gasteiger partial charge in [-0.3, -0.25) is 10.2 Å². The van der Waals surface area contributed by atoms with E-state index in [-0.39, 0.29) is 12.3 Å². The van der Waals surface area contributed by atoms with Crippen LogP contribution in [0.4, 0.5) is 5.95 Å². The Kier molecular flexibility index (Phi) is 3.68. The molecule has 0 radical (unpaired) electrons. The molecule has 9 heteroatoms. The topological polar surface area (TPSA) is 129 Å². The minimum Gasteiger partial charge on any atom is -0.390 e. The van der Waals surface area contributed by atoms with Crippen LogP contribution in [-0.2, 0) is 11.3 Å². The Morgan fingerprint density at radius 2 is 2.47 bits per heavy atom. The quantitative estimate of drug-likeness (QED) is 0.278. The van der Waals surface area contributed by atoms with Crippen LogP contribution < -0.4 is 11.3 Å². The van der Waals surface area contributed by atoms with Crippen molar-refractivity contribution in [2.75, 3.05) is 0 Å². The van der Waals surface area contributed by atoms with Gasteiger partial charge < -0.3 is 10.1 Å². The number of rotatable bonds is 5. The van der Waals surface area contributed by atoms with Gasteiger partial charge in [-0.25, -0.2) is 5.84 Å². The smallest absolute Gasteiger partial charge is 0.390 e. The fourth-order valence-corrected chi connectivity index (χ4v) is 0.950. The zero-order valence-electron chi connectivity index (χ0n) is 7.79. The number of nitro groups is 1. The van der Waals surface area contributed by atoms with E-state index in [2.05, 4.69) is 10.1 Å². The molecule has 1 aromatic rings. The van der Waals surface area contributed by atoms with E-state index < -0.39 is 10.9 Å². The minimum absolute atomic E-state index is 0.240. The first-order valence-electron chi connectivity index (χ1n) is 4.16. The number of hydrazine groups is 1. The van der Waals surface area contributed by atoms with E-state index >= 15 is 0 Å². The van der Waals surface area contributed by atoms with Gasteiger partial charge in [0.2, 0.25) is 12.2 Å². The van der Waals surface area contributed by atoms with E-state index in [0.29, 0.717) is 13.0 Å². The van der Waals surface area contributed by atoms with E-state index in [1.54, 1.807) is 0 Å². The summed E-state index contributed by atoms with van der Waals surface area (Å²) in [4.78, 5) is 23.7. The monoisotopic (exact) mass is 214 g/mol. The van der Waals surface area contributed by atoms with Gasteiger partial charge in [-0.1, -0.05) is 4.98 Å². The Morgan fingerprint density at radius 1 is 1.73 bits per heavy atom. The van der Waals surface area contributed by atoms with Gasteiger partial charge in [0.05, 0.1) is 6.54 Å². The Morgan fingerprint density at radius 3 is 3.00 bits per heavy atom. The summed E-state index contributed by atoms with van der Waals surface area (Å²) in [6.45, 7) is 0.383. The molecule has 82 valence electrons. The van der Waals surface area contributed by atoms with Crippen LogP contribution in [0.1, 0.15) is 12.8 Å². The highest BCUT2D eigenvalue weighted by Crippen LogP contribution is 2.01. The third-order valence-electron chi connectivity index (χ3n) is 1.64. The van der Waals surface area contributed by atoms with Gasteiger partial charge in [0, 0.05) is 11.5 Å². The second-order valence-corrected chi connectivity index (χ2v) is 2.74. The first-order chi connectivity index (χ1) is 7.13. The van der Waals surface area contributed by atoms with Crippen LogP contribution in [0.15, 0.2) is 6.33 Å². The summed E-state index contributed by atoms with van der Waals surface area (Å²) in [5, 5.41) is 13.8. The minimum atomic E-state index is -0.677. The fraction of sp³-hybridized carbons (Fsp3) is 0.500. The molecule has 0 atom stereocenters. The van der Waals surface area contributed by atoms with Crippen LogP contribution in [0.25, 0.3) is 0 Å². The first-order valence-corrected chi connectivity index (χ1v) is 4.16. The summed E-state index contributed by atoms with van der Waals surface area (Å²) in [6, 6.07) is 0. The molecule has 0 aromatic carbocycles. The highest BCUT2D eigenvalue weighted by molar-refractivity contribution is 5.74. The van der Waals surface area contributed by atoms with Gasteiger partial charge in [-0.05, 0) is 11.3 Å². The Hall–Kier alpha value is -2.03. The average Bonchev–Trinajstić information content (AvgIpc) is 2.66. The van der Waals surface area contributed by atoms with Crippen molar-refractivity contribution in [1.82, 2.24) is 20.2 Å². The molecule has 0 aliphatic heterocycles. The van der Waals surface area contributed by atoms with Crippen molar-refractivity contribution in [3.05, 3.63) is 16.4 Å². The van der Waals surface area contributed by atoms with Gasteiger partial charge in [-0.2, -0.15) is 4.68 Å². The highest BCUT2D eigenvalue weighted by Gasteiger charge is 2.12. The molecule has 9 nitrogen and oxygen atoms in total. The number of aryl methyl sites for hydroxylation is 1. The number of amides is 1. The van der Waals surface area contributed by atoms with Crippen molar-refractivity contribution >= 4 is 11.9 Å². The summed E-state index contributed by atoms with van der Waals surface area (Å²) in [7, 11) is 0. The van der Waals surface area contributed by atoms with Gasteiger partial charge in [0.25, 0.3) is 0 Å². The maximum Gasteiger partial charge on any atom is 0.490 e. The molecule has 0 spiro atoms. The molecule has 15 heavy (non-hydrogen) atoms. The predicted octanol–water partition coefficient (Wildman–Crippen LogP) is -1.04. The molecule has 3 N–H and O–H groups in total. The number of nitrogens with zero attached hydrogens (tertiary/aromatic N) is 4. The molecule has 0 saturated heterocycles. The molecular weight excluding hydrogens is 204 g/mol. The van der Waals surface area contributed by atoms with E-state index in [0.717, 1.165) is 0 Å². The SMILES string of the molecule is NNC(=O)CCCn1cnc([N+](=O)[O-])n1. The lowest BCUT2D eigenvalue weighted by molar-refractivity contribution is -0.394. The van der Waals surface area contributed by atoms with Gasteiger partial charge in [0.15, 0.2) is 0 Å². The molecule has 0 unspecified atom stereocenters. The fourth-order valence-electron chi connectivity index (χ4n) is 0.950. The molecule has 0 saturated carbocycles. The lowest BCUT2D eigenvalue weighted by Gasteiger charge is -1.97. The maximum absolute atomic E-state index is 10.7. The van der Waals surface area contributed by atoms with Crippen molar-refractivity contribution in [2.24, 2.45) is 5.84 Å². The van der Waals surface area contributed by atoms with Crippen molar-refractivity contribution in [3.63, 3.8) is 0 Å². The van der Waals surface area contributed by atoms with Crippen LogP contribution in [0.2, 0.25) is 0 Å². The Labute approximate surface area is 84.4 Å². The average molecular weight is 214 g/mol. The maximum atomic E-state index is 10.7. The number of carbonyl (C=O) groups is 1. The van der Waals surface area contributed by atoms with Crippen molar-refractivity contribution < 1.29 is 9.72 Å². The third-order valence-corrected chi connectivity index (χ3v) is 1.64. The summed E-state index contributed by atoms with van der Waals surface area (Å²) in [6.07, 6.45) is 1.98. The number of aromatic nitrogens is 3. The zero-order chi connectivity index (χ0) is 11.3. The molecule has 1 rings (SSSR count). The number of nitrogens with one attached hydrogen (secondary N) is 1. The molecule has 0 aliphatic rings. The van der Waals surface area contributed by atoms with E-state index in [1.165, 1.54) is 11.0 Å². The van der Waals surface area contributed by atoms with E-state index in [9.17, 15) is 14.9 Å². The molecule has 0 fully saturated rings. The first kappa shape index (κ1) is 11.0. The van der Waals surface area contributed by atoms with Crippen molar-refractivity contribution in [3.8, 4) is 0 Å². The normalized spacial score (nSPS) is 9.93. The van der Waals surface area contributed by atoms with E-state index in [4.69, 9.17) is 5.84 Å². The van der Waals surface area contributed by atoms with Gasteiger partial charge >= 0.3 is 5.95 Å². The summed E-state index contributed by atoms with van der Waals surface area (Å²) >= 11 is 0. The third kappa shape index (κ3) is 3.31. The molecular formula is C6H10N6O3. The predicted molar refractivity (Wildman–Crippen MR) is 48.2 cm³/mol. The second-order valence-electron chi connectivity index (χ2n) is 2.74. The van der Waals surface area contributed by atoms with Crippen molar-refractivity contribution in [2.45, 2.75) is 19.4 Å². The van der Waals surface area contributed by atoms with Crippen LogP contribution in [0.3, 0.4) is 0 Å². The molecule has 0 bridgehead atoms. The number of nitrogens with two attached hydrogens (primary N) is 1. The lowest BCUT2D eigenvalue weighted by atomic mass is 10.3. The zero-order valence-corrected chi connectivity index (χ0v) is 7.79. The molecule has 1 aromatic heterocycles. The molecule has 1 amide bonds. The van der Waals surface area contributed by atoms with Crippen LogP contribution in [0.5, 0.6) is 0 Å². The van der Waals surface area contributed by atoms with Crippen LogP contribution in [0, 0.1) is 10.1 Å². The highest BCUT2D eigenvalue weighted by atomic mass is 16.6. The second kappa shape index (κ2) is 5.00. The number of hydrogen-bond donors (Lipinski definition) is 2. The van der Waals surface area contributed by atoms with Crippen LogP contribution >= 0.6 is 0 Å². The number of hydrogen-bond acceptors (Lipinski definition) is 6. The van der Waals surface area contributed by atoms with Gasteiger partial charge in [0.1, 0.15) is 0 Å². The summed E-state index contributed by atoms with van der Waals surface area (Å²) < 4.78 is 1.31. The largest absolute Gasteiger partial charge is 0.490 e. The molecule has 1 heterocycles. The Balaban J connectivity index is 2.38. The van der Waals surface area contributed by atoms with E-state index in [1.807, 2.05) is 5.43 Å².